The van der Waals surface area contributed by atoms with Crippen molar-refractivity contribution in [2.45, 2.75) is 18.4 Å². The molecular weight excluding hydrogens is 507 g/mol. The molecule has 5 aromatic rings. The number of fused-ring (bicyclic) bond motifs is 1. The van der Waals surface area contributed by atoms with Gasteiger partial charge in [-0.05, 0) is 47.0 Å². The third-order valence-corrected chi connectivity index (χ3v) is 6.74. The Hall–Kier alpha value is -5.04. The Morgan fingerprint density at radius 2 is 1.38 bits per heavy atom. The average Bonchev–Trinajstić information content (AvgIpc) is 3.40. The highest BCUT2D eigenvalue weighted by Crippen LogP contribution is 2.26. The maximum atomic E-state index is 13.8. The Morgan fingerprint density at radius 3 is 2.02 bits per heavy atom. The number of ether oxygens (including phenoxy) is 1. The Kier molecular flexibility index (Phi) is 8.11. The van der Waals surface area contributed by atoms with Gasteiger partial charge in [0.1, 0.15) is 11.9 Å². The Morgan fingerprint density at radius 1 is 0.775 bits per heavy atom. The van der Waals surface area contributed by atoms with E-state index in [9.17, 15) is 18.8 Å². The zero-order chi connectivity index (χ0) is 27.9. The van der Waals surface area contributed by atoms with Crippen LogP contribution in [0.25, 0.3) is 10.9 Å². The number of H-pyrrole nitrogens is 1. The molecule has 0 aliphatic rings. The standard InChI is InChI=1S/C33H27FN2O4/c34-26-17-15-22(16-18-26)30(37)21-40-33(39)29(19-25-20-35-28-14-8-7-13-27(25)28)36-32(38)31(23-9-3-1-4-10-23)24-11-5-2-6-12-24/h1-18,20,29,31,35H,19,21H2,(H,36,38)/t29-/m0/s1. The van der Waals surface area contributed by atoms with E-state index in [0.29, 0.717) is 0 Å². The second-order valence-corrected chi connectivity index (χ2v) is 9.42. The highest BCUT2D eigenvalue weighted by atomic mass is 19.1. The van der Waals surface area contributed by atoms with Crippen molar-refractivity contribution in [3.63, 3.8) is 0 Å². The van der Waals surface area contributed by atoms with Gasteiger partial charge in [0.2, 0.25) is 5.91 Å². The summed E-state index contributed by atoms with van der Waals surface area (Å²) in [7, 11) is 0. The summed E-state index contributed by atoms with van der Waals surface area (Å²) in [4.78, 5) is 43.0. The maximum absolute atomic E-state index is 13.8. The molecule has 5 rings (SSSR count). The van der Waals surface area contributed by atoms with Gasteiger partial charge in [0.25, 0.3) is 0 Å². The van der Waals surface area contributed by atoms with Gasteiger partial charge in [0.05, 0.1) is 5.92 Å². The number of Topliss-reactive ketones (excluding diaryl/α,β-unsaturated/α-hetero) is 1. The number of ketones is 1. The molecule has 0 fully saturated rings. The Bertz CT molecular complexity index is 1580. The molecule has 1 atom stereocenters. The topological polar surface area (TPSA) is 88.3 Å². The van der Waals surface area contributed by atoms with Gasteiger partial charge in [0.15, 0.2) is 12.4 Å². The molecule has 0 saturated heterocycles. The van der Waals surface area contributed by atoms with Crippen LogP contribution < -0.4 is 5.32 Å². The molecular formula is C33H27FN2O4. The average molecular weight is 535 g/mol. The van der Waals surface area contributed by atoms with E-state index >= 15 is 0 Å². The number of para-hydroxylation sites is 1. The van der Waals surface area contributed by atoms with Crippen LogP contribution >= 0.6 is 0 Å². The minimum absolute atomic E-state index is 0.148. The van der Waals surface area contributed by atoms with E-state index in [4.69, 9.17) is 4.74 Å². The fourth-order valence-corrected chi connectivity index (χ4v) is 4.71. The molecule has 1 aromatic heterocycles. The van der Waals surface area contributed by atoms with Crippen LogP contribution in [0.5, 0.6) is 0 Å². The van der Waals surface area contributed by atoms with Crippen LogP contribution in [-0.4, -0.2) is 35.3 Å². The minimum atomic E-state index is -1.07. The second kappa shape index (κ2) is 12.2. The first-order valence-corrected chi connectivity index (χ1v) is 12.9. The molecule has 0 saturated carbocycles. The molecule has 1 amide bonds. The molecule has 40 heavy (non-hydrogen) atoms. The number of nitrogens with one attached hydrogen (secondary N) is 2. The molecule has 0 aliphatic heterocycles. The zero-order valence-corrected chi connectivity index (χ0v) is 21.5. The lowest BCUT2D eigenvalue weighted by Gasteiger charge is -2.22. The van der Waals surface area contributed by atoms with Gasteiger partial charge in [-0.1, -0.05) is 78.9 Å². The van der Waals surface area contributed by atoms with Crippen molar-refractivity contribution in [3.8, 4) is 0 Å². The minimum Gasteiger partial charge on any atom is -0.456 e. The van der Waals surface area contributed by atoms with Gasteiger partial charge in [-0.25, -0.2) is 9.18 Å². The summed E-state index contributed by atoms with van der Waals surface area (Å²) in [6, 6.07) is 30.2. The fraction of sp³-hybridized carbons (Fsp3) is 0.121. The predicted octanol–water partition coefficient (Wildman–Crippen LogP) is 5.59. The fourth-order valence-electron chi connectivity index (χ4n) is 4.71. The van der Waals surface area contributed by atoms with E-state index in [1.54, 1.807) is 6.20 Å². The number of rotatable bonds is 10. The van der Waals surface area contributed by atoms with E-state index in [0.717, 1.165) is 27.6 Å². The normalized spacial score (nSPS) is 11.8. The number of hydrogen-bond acceptors (Lipinski definition) is 4. The third-order valence-electron chi connectivity index (χ3n) is 6.74. The first kappa shape index (κ1) is 26.6. The maximum Gasteiger partial charge on any atom is 0.329 e. The second-order valence-electron chi connectivity index (χ2n) is 9.42. The van der Waals surface area contributed by atoms with Gasteiger partial charge in [-0.2, -0.15) is 0 Å². The molecule has 6 nitrogen and oxygen atoms in total. The number of carbonyl (C=O) groups is 3. The SMILES string of the molecule is O=C(COC(=O)[C@H](Cc1c[nH]c2ccccc12)NC(=O)C(c1ccccc1)c1ccccc1)c1ccc(F)cc1. The van der Waals surface area contributed by atoms with Crippen LogP contribution in [0.15, 0.2) is 115 Å². The van der Waals surface area contributed by atoms with Gasteiger partial charge in [-0.3, -0.25) is 9.59 Å². The van der Waals surface area contributed by atoms with E-state index in [2.05, 4.69) is 10.3 Å². The molecule has 0 unspecified atom stereocenters. The number of aromatic amines is 1. The molecule has 0 aliphatic carbocycles. The Labute approximate surface area is 230 Å². The number of aromatic nitrogens is 1. The number of benzene rings is 4. The van der Waals surface area contributed by atoms with Crippen molar-refractivity contribution in [2.24, 2.45) is 0 Å². The smallest absolute Gasteiger partial charge is 0.329 e. The van der Waals surface area contributed by atoms with E-state index in [1.807, 2.05) is 84.9 Å². The van der Waals surface area contributed by atoms with Gasteiger partial charge >= 0.3 is 5.97 Å². The van der Waals surface area contributed by atoms with Crippen molar-refractivity contribution in [2.75, 3.05) is 6.61 Å². The van der Waals surface area contributed by atoms with Crippen LogP contribution in [0.2, 0.25) is 0 Å². The van der Waals surface area contributed by atoms with Crippen molar-refractivity contribution in [1.82, 2.24) is 10.3 Å². The zero-order valence-electron chi connectivity index (χ0n) is 21.5. The number of hydrogen-bond donors (Lipinski definition) is 2. The number of amides is 1. The molecule has 7 heteroatoms. The van der Waals surface area contributed by atoms with E-state index in [-0.39, 0.29) is 17.9 Å². The summed E-state index contributed by atoms with van der Waals surface area (Å²) < 4.78 is 18.7. The van der Waals surface area contributed by atoms with Crippen LogP contribution in [0.3, 0.4) is 0 Å². The molecule has 0 spiro atoms. The van der Waals surface area contributed by atoms with Crippen LogP contribution in [0.4, 0.5) is 4.39 Å². The molecule has 0 radical (unpaired) electrons. The first-order chi connectivity index (χ1) is 19.5. The van der Waals surface area contributed by atoms with Gasteiger partial charge in [0, 0.05) is 29.1 Å². The lowest BCUT2D eigenvalue weighted by Crippen LogP contribution is -2.45. The molecule has 4 aromatic carbocycles. The van der Waals surface area contributed by atoms with Crippen LogP contribution in [0, 0.1) is 5.82 Å². The lowest BCUT2D eigenvalue weighted by molar-refractivity contribution is -0.146. The predicted molar refractivity (Wildman–Crippen MR) is 150 cm³/mol. The summed E-state index contributed by atoms with van der Waals surface area (Å²) in [5, 5.41) is 3.82. The van der Waals surface area contributed by atoms with E-state index in [1.165, 1.54) is 24.3 Å². The summed E-state index contributed by atoms with van der Waals surface area (Å²) in [6.07, 6.45) is 1.95. The number of halogens is 1. The highest BCUT2D eigenvalue weighted by Gasteiger charge is 2.30. The highest BCUT2D eigenvalue weighted by molar-refractivity contribution is 5.98. The van der Waals surface area contributed by atoms with Crippen molar-refractivity contribution in [1.29, 1.82) is 0 Å². The quantitative estimate of drug-likeness (QED) is 0.181. The summed E-state index contributed by atoms with van der Waals surface area (Å²) in [5.74, 6) is -2.72. The number of carbonyl (C=O) groups excluding carboxylic acids is 3. The third kappa shape index (κ3) is 6.15. The van der Waals surface area contributed by atoms with Crippen LogP contribution in [0.1, 0.15) is 33.0 Å². The van der Waals surface area contributed by atoms with E-state index < -0.39 is 36.1 Å². The summed E-state index contributed by atoms with van der Waals surface area (Å²) >= 11 is 0. The summed E-state index contributed by atoms with van der Waals surface area (Å²) in [5.41, 5.74) is 3.49. The molecule has 0 bridgehead atoms. The van der Waals surface area contributed by atoms with Gasteiger partial charge in [-0.15, -0.1) is 0 Å². The Balaban J connectivity index is 1.40. The number of esters is 1. The molecule has 1 heterocycles. The monoisotopic (exact) mass is 534 g/mol. The first-order valence-electron chi connectivity index (χ1n) is 12.9. The van der Waals surface area contributed by atoms with Gasteiger partial charge < -0.3 is 15.0 Å². The largest absolute Gasteiger partial charge is 0.456 e. The van der Waals surface area contributed by atoms with Crippen molar-refractivity contribution in [3.05, 3.63) is 143 Å². The van der Waals surface area contributed by atoms with Crippen LogP contribution in [-0.2, 0) is 20.7 Å². The molecule has 200 valence electrons. The summed E-state index contributed by atoms with van der Waals surface area (Å²) in [6.45, 7) is -0.536. The van der Waals surface area contributed by atoms with Crippen molar-refractivity contribution < 1.29 is 23.5 Å². The molecule has 2 N–H and O–H groups in total. The lowest BCUT2D eigenvalue weighted by atomic mass is 9.90. The van der Waals surface area contributed by atoms with Crippen molar-refractivity contribution >= 4 is 28.6 Å².